The number of aromatic nitrogens is 3. The van der Waals surface area contributed by atoms with Crippen molar-refractivity contribution in [3.8, 4) is 11.5 Å². The number of nitrogens with one attached hydrogen (secondary N) is 2. The highest BCUT2D eigenvalue weighted by Gasteiger charge is 2.18. The minimum absolute atomic E-state index is 0.0716. The largest absolute Gasteiger partial charge is 0.488 e. The molecule has 0 fully saturated rings. The first kappa shape index (κ1) is 28.6. The summed E-state index contributed by atoms with van der Waals surface area (Å²) < 4.78 is 17.4. The molecule has 2 N–H and O–H groups in total. The number of amides is 1. The van der Waals surface area contributed by atoms with E-state index in [1.54, 1.807) is 18.3 Å². The van der Waals surface area contributed by atoms with Crippen LogP contribution in [0.5, 0.6) is 11.5 Å². The van der Waals surface area contributed by atoms with Gasteiger partial charge < -0.3 is 34.3 Å². The van der Waals surface area contributed by atoms with Crippen LogP contribution in [0.25, 0.3) is 11.0 Å². The Morgan fingerprint density at radius 3 is 2.77 bits per heavy atom. The first-order chi connectivity index (χ1) is 18.9. The normalized spacial score (nSPS) is 15.6. The van der Waals surface area contributed by atoms with Gasteiger partial charge in [-0.15, -0.1) is 0 Å². The molecule has 212 valence electrons. The number of nitrogens with zero attached hydrogens (tertiary/aromatic N) is 5. The maximum atomic E-state index is 12.8. The summed E-state index contributed by atoms with van der Waals surface area (Å²) in [6, 6.07) is 6.02. The third kappa shape index (κ3) is 7.59. The number of hydrogen-bond acceptors (Lipinski definition) is 9. The van der Waals surface area contributed by atoms with Gasteiger partial charge in [0.05, 0.1) is 12.0 Å². The highest BCUT2D eigenvalue weighted by molar-refractivity contribution is 5.92. The number of hydrogen-bond donors (Lipinski definition) is 2. The smallest absolute Gasteiger partial charge is 0.260 e. The van der Waals surface area contributed by atoms with Crippen LogP contribution in [0.15, 0.2) is 30.7 Å². The Balaban J connectivity index is 1.60. The zero-order valence-corrected chi connectivity index (χ0v) is 23.7. The van der Waals surface area contributed by atoms with Gasteiger partial charge in [0.2, 0.25) is 0 Å². The molecule has 11 nitrogen and oxygen atoms in total. The summed E-state index contributed by atoms with van der Waals surface area (Å²) in [6.45, 7) is 9.18. The van der Waals surface area contributed by atoms with Gasteiger partial charge in [0.1, 0.15) is 24.4 Å². The first-order valence-electron chi connectivity index (χ1n) is 13.5. The average molecular weight is 540 g/mol. The summed E-state index contributed by atoms with van der Waals surface area (Å²) in [5.41, 5.74) is 2.66. The van der Waals surface area contributed by atoms with Crippen LogP contribution in [0.1, 0.15) is 25.8 Å². The van der Waals surface area contributed by atoms with Gasteiger partial charge in [-0.25, -0.2) is 9.97 Å². The van der Waals surface area contributed by atoms with Gasteiger partial charge in [0.25, 0.3) is 5.91 Å². The first-order valence-corrected chi connectivity index (χ1v) is 13.5. The number of anilines is 2. The molecule has 0 unspecified atom stereocenters. The van der Waals surface area contributed by atoms with Crippen LogP contribution in [-0.2, 0) is 16.1 Å². The number of H-pyrrole nitrogens is 1. The molecule has 1 amide bonds. The number of ether oxygens (including phenoxy) is 3. The van der Waals surface area contributed by atoms with Gasteiger partial charge in [-0.05, 0) is 51.6 Å². The fourth-order valence-corrected chi connectivity index (χ4v) is 4.63. The maximum absolute atomic E-state index is 12.8. The number of carbonyl (C=O) groups is 1. The molecule has 1 aliphatic rings. The SMILES string of the molecule is COCCN(CCOc1ccc2cc1OCC(=O)N(C)CCCN(C)Cc1c[nH]c3ncnc(c13)N2)C(C)C. The molecule has 0 saturated carbocycles. The Labute approximate surface area is 230 Å². The Morgan fingerprint density at radius 2 is 1.97 bits per heavy atom. The summed E-state index contributed by atoms with van der Waals surface area (Å²) in [7, 11) is 5.60. The Bertz CT molecular complexity index is 1230. The van der Waals surface area contributed by atoms with E-state index in [-0.39, 0.29) is 12.5 Å². The van der Waals surface area contributed by atoms with Gasteiger partial charge in [-0.2, -0.15) is 0 Å². The zero-order valence-electron chi connectivity index (χ0n) is 23.7. The fourth-order valence-electron chi connectivity index (χ4n) is 4.63. The number of rotatable bonds is 8. The van der Waals surface area contributed by atoms with Crippen molar-refractivity contribution in [2.75, 3.05) is 72.5 Å². The van der Waals surface area contributed by atoms with E-state index >= 15 is 0 Å². The van der Waals surface area contributed by atoms with Crippen molar-refractivity contribution < 1.29 is 19.0 Å². The second-order valence-corrected chi connectivity index (χ2v) is 10.2. The van der Waals surface area contributed by atoms with Crippen LogP contribution in [0.4, 0.5) is 11.5 Å². The molecular formula is C28H41N7O4. The van der Waals surface area contributed by atoms with Crippen LogP contribution < -0.4 is 14.8 Å². The lowest BCUT2D eigenvalue weighted by Crippen LogP contribution is -2.37. The van der Waals surface area contributed by atoms with Crippen molar-refractivity contribution in [3.05, 3.63) is 36.3 Å². The number of carbonyl (C=O) groups excluding carboxylic acids is 1. The molecule has 1 aromatic carbocycles. The summed E-state index contributed by atoms with van der Waals surface area (Å²) in [4.78, 5) is 31.3. The highest BCUT2D eigenvalue weighted by Crippen LogP contribution is 2.33. The Morgan fingerprint density at radius 1 is 1.15 bits per heavy atom. The second-order valence-electron chi connectivity index (χ2n) is 10.2. The number of likely N-dealkylation sites (N-methyl/N-ethyl adjacent to an activating group) is 1. The van der Waals surface area contributed by atoms with Gasteiger partial charge >= 0.3 is 0 Å². The van der Waals surface area contributed by atoms with E-state index < -0.39 is 0 Å². The van der Waals surface area contributed by atoms with Crippen molar-refractivity contribution in [2.45, 2.75) is 32.9 Å². The van der Waals surface area contributed by atoms with E-state index in [1.165, 1.54) is 0 Å². The molecule has 4 rings (SSSR count). The predicted octanol–water partition coefficient (Wildman–Crippen LogP) is 3.11. The summed E-state index contributed by atoms with van der Waals surface area (Å²) in [5, 5.41) is 4.38. The average Bonchev–Trinajstić information content (AvgIpc) is 3.32. The minimum Gasteiger partial charge on any atom is -0.488 e. The van der Waals surface area contributed by atoms with Crippen molar-refractivity contribution in [1.29, 1.82) is 0 Å². The van der Waals surface area contributed by atoms with Gasteiger partial charge in [-0.1, -0.05) is 0 Å². The third-order valence-electron chi connectivity index (χ3n) is 6.96. The molecule has 1 aliphatic heterocycles. The third-order valence-corrected chi connectivity index (χ3v) is 6.96. The standard InChI is InChI=1S/C28H41N7O4/c1-20(2)35(11-13-37-5)12-14-38-23-8-7-22-15-24(23)39-18-25(36)34(4)10-6-9-33(3)17-21-16-29-27-26(21)28(32-22)31-19-30-27/h7-8,15-16,19-20H,6,9-14,17-18H2,1-5H3,(H2,29,30,31,32). The fraction of sp³-hybridized carbons (Fsp3) is 0.536. The number of benzene rings is 1. The molecule has 11 heteroatoms. The van der Waals surface area contributed by atoms with Crippen molar-refractivity contribution in [3.63, 3.8) is 0 Å². The van der Waals surface area contributed by atoms with Gasteiger partial charge in [-0.3, -0.25) is 9.69 Å². The number of fused-ring (bicyclic) bond motifs is 2. The molecule has 0 saturated heterocycles. The van der Waals surface area contributed by atoms with E-state index in [0.717, 1.165) is 54.9 Å². The topological polar surface area (TPSA) is 108 Å². The molecule has 0 radical (unpaired) electrons. The van der Waals surface area contributed by atoms with E-state index in [0.29, 0.717) is 43.1 Å². The van der Waals surface area contributed by atoms with E-state index in [2.05, 4.69) is 51.0 Å². The van der Waals surface area contributed by atoms with Crippen molar-refractivity contribution in [1.82, 2.24) is 29.7 Å². The monoisotopic (exact) mass is 539 g/mol. The molecule has 3 aromatic rings. The summed E-state index contributed by atoms with van der Waals surface area (Å²) in [5.74, 6) is 1.72. The predicted molar refractivity (Wildman–Crippen MR) is 152 cm³/mol. The number of methoxy groups -OCH3 is 1. The molecule has 2 aromatic heterocycles. The van der Waals surface area contributed by atoms with Gasteiger partial charge in [0.15, 0.2) is 18.1 Å². The van der Waals surface area contributed by atoms with Crippen molar-refractivity contribution in [2.24, 2.45) is 0 Å². The minimum atomic E-state index is -0.0787. The lowest BCUT2D eigenvalue weighted by molar-refractivity contribution is -0.132. The van der Waals surface area contributed by atoms with Crippen LogP contribution in [-0.4, -0.2) is 109 Å². The molecule has 0 spiro atoms. The number of aromatic amines is 1. The molecule has 0 aliphatic carbocycles. The van der Waals surface area contributed by atoms with E-state index in [9.17, 15) is 4.79 Å². The zero-order chi connectivity index (χ0) is 27.8. The Hall–Kier alpha value is -3.41. The van der Waals surface area contributed by atoms with E-state index in [1.807, 2.05) is 31.4 Å². The molecular weight excluding hydrogens is 498 g/mol. The van der Waals surface area contributed by atoms with E-state index in [4.69, 9.17) is 14.2 Å². The lowest BCUT2D eigenvalue weighted by atomic mass is 10.2. The molecule has 39 heavy (non-hydrogen) atoms. The second kappa shape index (κ2) is 13.6. The molecule has 0 atom stereocenters. The molecule has 2 bridgehead atoms. The highest BCUT2D eigenvalue weighted by atomic mass is 16.5. The quantitative estimate of drug-likeness (QED) is 0.446. The van der Waals surface area contributed by atoms with Crippen LogP contribution in [0.3, 0.4) is 0 Å². The van der Waals surface area contributed by atoms with Gasteiger partial charge in [0, 0.05) is 64.3 Å². The summed E-state index contributed by atoms with van der Waals surface area (Å²) >= 11 is 0. The summed E-state index contributed by atoms with van der Waals surface area (Å²) in [6.07, 6.45) is 4.38. The lowest BCUT2D eigenvalue weighted by Gasteiger charge is -2.26. The van der Waals surface area contributed by atoms with Crippen LogP contribution in [0, 0.1) is 0 Å². The van der Waals surface area contributed by atoms with Crippen molar-refractivity contribution >= 4 is 28.4 Å². The molecule has 3 heterocycles. The Kier molecular flexibility index (Phi) is 9.96. The van der Waals surface area contributed by atoms with Crippen LogP contribution >= 0.6 is 0 Å². The maximum Gasteiger partial charge on any atom is 0.260 e. The van der Waals surface area contributed by atoms with Crippen LogP contribution in [0.2, 0.25) is 0 Å².